The van der Waals surface area contributed by atoms with Crippen LogP contribution in [0.4, 0.5) is 4.39 Å². The molecule has 0 unspecified atom stereocenters. The van der Waals surface area contributed by atoms with Crippen molar-refractivity contribution >= 4 is 21.8 Å². The van der Waals surface area contributed by atoms with Crippen molar-refractivity contribution in [3.63, 3.8) is 0 Å². The third-order valence-electron chi connectivity index (χ3n) is 4.54. The van der Waals surface area contributed by atoms with E-state index in [9.17, 15) is 9.18 Å². The summed E-state index contributed by atoms with van der Waals surface area (Å²) in [6, 6.07) is 4.24. The van der Waals surface area contributed by atoms with Crippen molar-refractivity contribution in [2.24, 2.45) is 16.6 Å². The number of hydrogen-bond donors (Lipinski definition) is 2. The van der Waals surface area contributed by atoms with Gasteiger partial charge in [-0.05, 0) is 18.2 Å². The van der Waals surface area contributed by atoms with Crippen LogP contribution in [0.3, 0.4) is 0 Å². The first-order valence-corrected chi connectivity index (χ1v) is 7.39. The molecular formula is C15H20BrFN2O. The number of carbonyl (C=O) groups excluding carboxylic acids is 1. The van der Waals surface area contributed by atoms with Gasteiger partial charge in [-0.2, -0.15) is 0 Å². The number of amides is 1. The molecule has 110 valence electrons. The Bertz CT molecular complexity index is 541. The lowest BCUT2D eigenvalue weighted by molar-refractivity contribution is -0.0664. The topological polar surface area (TPSA) is 55.1 Å². The van der Waals surface area contributed by atoms with Gasteiger partial charge in [0.25, 0.3) is 5.91 Å². The molecule has 0 bridgehead atoms. The highest BCUT2D eigenvalue weighted by Crippen LogP contribution is 2.52. The smallest absolute Gasteiger partial charge is 0.254 e. The van der Waals surface area contributed by atoms with Crippen LogP contribution in [0.25, 0.3) is 0 Å². The lowest BCUT2D eigenvalue weighted by Gasteiger charge is -2.62. The van der Waals surface area contributed by atoms with E-state index in [0.29, 0.717) is 4.47 Å². The van der Waals surface area contributed by atoms with Gasteiger partial charge < -0.3 is 11.1 Å². The molecular weight excluding hydrogens is 323 g/mol. The standard InChI is InChI=1S/C15H20BrFN2O/c1-14(2)12(18)15(3,4)13(14)19-11(20)9-7-8(16)5-6-10(9)17/h5-7,12-13H,18H2,1-4H3,(H,19,20). The molecule has 1 aliphatic carbocycles. The monoisotopic (exact) mass is 342 g/mol. The Kier molecular flexibility index (Phi) is 3.71. The highest BCUT2D eigenvalue weighted by Gasteiger charge is 2.60. The molecule has 1 amide bonds. The van der Waals surface area contributed by atoms with Gasteiger partial charge in [0.05, 0.1) is 5.56 Å². The van der Waals surface area contributed by atoms with Crippen molar-refractivity contribution in [3.8, 4) is 0 Å². The predicted octanol–water partition coefficient (Wildman–Crippen LogP) is 3.08. The van der Waals surface area contributed by atoms with Crippen LogP contribution in [-0.2, 0) is 0 Å². The molecule has 20 heavy (non-hydrogen) atoms. The number of hydrogen-bond acceptors (Lipinski definition) is 2. The lowest BCUT2D eigenvalue weighted by Crippen LogP contribution is -2.76. The van der Waals surface area contributed by atoms with Crippen LogP contribution in [0, 0.1) is 16.6 Å². The van der Waals surface area contributed by atoms with Gasteiger partial charge in [-0.1, -0.05) is 43.6 Å². The summed E-state index contributed by atoms with van der Waals surface area (Å²) in [6.45, 7) is 8.08. The summed E-state index contributed by atoms with van der Waals surface area (Å²) in [4.78, 5) is 12.3. The Morgan fingerprint density at radius 1 is 1.30 bits per heavy atom. The number of nitrogens with one attached hydrogen (secondary N) is 1. The summed E-state index contributed by atoms with van der Waals surface area (Å²) >= 11 is 3.25. The van der Waals surface area contributed by atoms with Crippen LogP contribution >= 0.6 is 15.9 Å². The second kappa shape index (κ2) is 4.81. The van der Waals surface area contributed by atoms with Crippen LogP contribution in [-0.4, -0.2) is 18.0 Å². The van der Waals surface area contributed by atoms with E-state index in [0.717, 1.165) is 0 Å². The Labute approximate surface area is 127 Å². The Hall–Kier alpha value is -0.940. The van der Waals surface area contributed by atoms with E-state index in [4.69, 9.17) is 5.73 Å². The van der Waals surface area contributed by atoms with Gasteiger partial charge in [0.1, 0.15) is 5.82 Å². The number of halogens is 2. The van der Waals surface area contributed by atoms with Crippen LogP contribution in [0.2, 0.25) is 0 Å². The van der Waals surface area contributed by atoms with Gasteiger partial charge in [0, 0.05) is 27.4 Å². The third kappa shape index (κ3) is 2.27. The molecule has 0 aromatic heterocycles. The lowest BCUT2D eigenvalue weighted by atomic mass is 9.48. The highest BCUT2D eigenvalue weighted by atomic mass is 79.9. The van der Waals surface area contributed by atoms with E-state index in [-0.39, 0.29) is 28.5 Å². The molecule has 0 heterocycles. The molecule has 2 rings (SSSR count). The van der Waals surface area contributed by atoms with E-state index >= 15 is 0 Å². The maximum Gasteiger partial charge on any atom is 0.254 e. The molecule has 1 aromatic carbocycles. The summed E-state index contributed by atoms with van der Waals surface area (Å²) < 4.78 is 14.4. The van der Waals surface area contributed by atoms with E-state index in [1.165, 1.54) is 12.1 Å². The number of rotatable bonds is 2. The minimum absolute atomic E-state index is 0.00680. The van der Waals surface area contributed by atoms with Gasteiger partial charge in [-0.25, -0.2) is 4.39 Å². The Morgan fingerprint density at radius 2 is 1.85 bits per heavy atom. The van der Waals surface area contributed by atoms with Crippen LogP contribution < -0.4 is 11.1 Å². The van der Waals surface area contributed by atoms with Gasteiger partial charge in [-0.15, -0.1) is 0 Å². The van der Waals surface area contributed by atoms with Crippen molar-refractivity contribution < 1.29 is 9.18 Å². The zero-order chi connectivity index (χ0) is 15.3. The quantitative estimate of drug-likeness (QED) is 0.867. The van der Waals surface area contributed by atoms with Crippen LogP contribution in [0.1, 0.15) is 38.1 Å². The van der Waals surface area contributed by atoms with E-state index in [2.05, 4.69) is 21.2 Å². The van der Waals surface area contributed by atoms with Crippen LogP contribution in [0.15, 0.2) is 22.7 Å². The summed E-state index contributed by atoms with van der Waals surface area (Å²) in [5, 5.41) is 2.93. The van der Waals surface area contributed by atoms with Crippen molar-refractivity contribution in [1.82, 2.24) is 5.32 Å². The molecule has 1 aromatic rings. The molecule has 1 saturated carbocycles. The van der Waals surface area contributed by atoms with E-state index < -0.39 is 11.7 Å². The molecule has 0 atom stereocenters. The fraction of sp³-hybridized carbons (Fsp3) is 0.533. The third-order valence-corrected chi connectivity index (χ3v) is 5.03. The highest BCUT2D eigenvalue weighted by molar-refractivity contribution is 9.10. The molecule has 0 aliphatic heterocycles. The maximum atomic E-state index is 13.7. The first kappa shape index (κ1) is 15.4. The molecule has 5 heteroatoms. The number of carbonyl (C=O) groups is 1. The zero-order valence-corrected chi connectivity index (χ0v) is 13.7. The van der Waals surface area contributed by atoms with E-state index in [1.54, 1.807) is 6.07 Å². The zero-order valence-electron chi connectivity index (χ0n) is 12.1. The fourth-order valence-electron chi connectivity index (χ4n) is 3.43. The molecule has 0 saturated heterocycles. The Balaban J connectivity index is 2.22. The first-order valence-electron chi connectivity index (χ1n) is 6.60. The van der Waals surface area contributed by atoms with Crippen molar-refractivity contribution in [2.75, 3.05) is 0 Å². The van der Waals surface area contributed by atoms with Gasteiger partial charge >= 0.3 is 0 Å². The largest absolute Gasteiger partial charge is 0.348 e. The van der Waals surface area contributed by atoms with Crippen molar-refractivity contribution in [2.45, 2.75) is 39.8 Å². The first-order chi connectivity index (χ1) is 9.08. The van der Waals surface area contributed by atoms with Crippen LogP contribution in [0.5, 0.6) is 0 Å². The molecule has 1 fully saturated rings. The van der Waals surface area contributed by atoms with Crippen molar-refractivity contribution in [3.05, 3.63) is 34.1 Å². The predicted molar refractivity (Wildman–Crippen MR) is 80.9 cm³/mol. The number of nitrogens with two attached hydrogens (primary N) is 1. The van der Waals surface area contributed by atoms with E-state index in [1.807, 2.05) is 27.7 Å². The molecule has 1 aliphatic rings. The molecule has 0 spiro atoms. The second-order valence-electron chi connectivity index (χ2n) is 6.65. The normalized spacial score (nSPS) is 26.8. The van der Waals surface area contributed by atoms with Gasteiger partial charge in [0.2, 0.25) is 0 Å². The SMILES string of the molecule is CC1(C)C(N)C(C)(C)C1NC(=O)c1cc(Br)ccc1F. The fourth-order valence-corrected chi connectivity index (χ4v) is 3.79. The Morgan fingerprint density at radius 3 is 2.40 bits per heavy atom. The number of benzene rings is 1. The summed E-state index contributed by atoms with van der Waals surface area (Å²) in [7, 11) is 0. The molecule has 0 radical (unpaired) electrons. The minimum Gasteiger partial charge on any atom is -0.348 e. The second-order valence-corrected chi connectivity index (χ2v) is 7.57. The average Bonchev–Trinajstić information content (AvgIpc) is 2.37. The molecule has 3 N–H and O–H groups in total. The summed E-state index contributed by atoms with van der Waals surface area (Å²) in [5.41, 5.74) is 5.79. The maximum absolute atomic E-state index is 13.7. The summed E-state index contributed by atoms with van der Waals surface area (Å²) in [6.07, 6.45) is 0. The van der Waals surface area contributed by atoms with Crippen molar-refractivity contribution in [1.29, 1.82) is 0 Å². The average molecular weight is 343 g/mol. The molecule has 3 nitrogen and oxygen atoms in total. The van der Waals surface area contributed by atoms with Gasteiger partial charge in [-0.3, -0.25) is 4.79 Å². The summed E-state index contributed by atoms with van der Waals surface area (Å²) in [5.74, 6) is -0.924. The minimum atomic E-state index is -0.523. The van der Waals surface area contributed by atoms with Gasteiger partial charge in [0.15, 0.2) is 0 Å².